The Balaban J connectivity index is 1.95. The number of aryl methyl sites for hydroxylation is 2. The third kappa shape index (κ3) is 3.20. The molecular formula is C12H14F3NO. The zero-order chi connectivity index (χ0) is 12.5. The smallest absolute Gasteiger partial charge is 0.292 e. The van der Waals surface area contributed by atoms with Crippen LogP contribution in [0.4, 0.5) is 13.2 Å². The zero-order valence-corrected chi connectivity index (χ0v) is 9.47. The lowest BCUT2D eigenvalue weighted by Crippen LogP contribution is -2.27. The van der Waals surface area contributed by atoms with Crippen molar-refractivity contribution in [3.05, 3.63) is 34.9 Å². The van der Waals surface area contributed by atoms with Gasteiger partial charge in [-0.05, 0) is 30.9 Å². The first kappa shape index (κ1) is 12.4. The number of fused-ring (bicyclic) bond motifs is 1. The highest BCUT2D eigenvalue weighted by atomic mass is 19.4. The monoisotopic (exact) mass is 245 g/mol. The molecule has 94 valence electrons. The topological polar surface area (TPSA) is 21.3 Å². The number of alkyl halides is 3. The maximum atomic E-state index is 11.9. The molecule has 1 atom stereocenters. The van der Waals surface area contributed by atoms with E-state index in [1.807, 2.05) is 25.1 Å². The summed E-state index contributed by atoms with van der Waals surface area (Å²) in [5, 5.41) is 0. The molecule has 0 aromatic heterocycles. The summed E-state index contributed by atoms with van der Waals surface area (Å²) >= 11 is 0. The quantitative estimate of drug-likeness (QED) is 0.826. The predicted molar refractivity (Wildman–Crippen MR) is 57.4 cm³/mol. The molecule has 0 amide bonds. The number of nitrogens with one attached hydrogen (secondary N) is 1. The van der Waals surface area contributed by atoms with Gasteiger partial charge >= 0.3 is 6.18 Å². The van der Waals surface area contributed by atoms with Crippen LogP contribution < -0.4 is 5.48 Å². The lowest BCUT2D eigenvalue weighted by Gasteiger charge is -2.15. The van der Waals surface area contributed by atoms with Crippen molar-refractivity contribution in [1.82, 2.24) is 5.48 Å². The maximum absolute atomic E-state index is 11.9. The Hall–Kier alpha value is -1.07. The molecule has 0 heterocycles. The van der Waals surface area contributed by atoms with Crippen LogP contribution in [0, 0.1) is 6.92 Å². The highest BCUT2D eigenvalue weighted by Crippen LogP contribution is 2.31. The Morgan fingerprint density at radius 1 is 1.41 bits per heavy atom. The number of hydroxylamine groups is 1. The molecule has 0 spiro atoms. The summed E-state index contributed by atoms with van der Waals surface area (Å²) in [6, 6.07) is 5.90. The largest absolute Gasteiger partial charge is 0.413 e. The number of hydrogen-bond acceptors (Lipinski definition) is 2. The van der Waals surface area contributed by atoms with Gasteiger partial charge in [-0.2, -0.15) is 18.7 Å². The molecule has 1 N–H and O–H groups in total. The minimum atomic E-state index is -4.29. The molecule has 17 heavy (non-hydrogen) atoms. The molecule has 2 nitrogen and oxygen atoms in total. The Labute approximate surface area is 97.7 Å². The fourth-order valence-corrected chi connectivity index (χ4v) is 2.07. The summed E-state index contributed by atoms with van der Waals surface area (Å²) in [5.74, 6) is 0. The second-order valence-electron chi connectivity index (χ2n) is 4.32. The van der Waals surface area contributed by atoms with E-state index < -0.39 is 12.8 Å². The van der Waals surface area contributed by atoms with Gasteiger partial charge in [-0.1, -0.05) is 23.8 Å². The number of halogens is 3. The van der Waals surface area contributed by atoms with Crippen molar-refractivity contribution in [2.45, 2.75) is 32.0 Å². The summed E-state index contributed by atoms with van der Waals surface area (Å²) in [6.07, 6.45) is -2.64. The molecule has 1 aliphatic carbocycles. The number of rotatable bonds is 3. The molecule has 0 saturated carbocycles. The summed E-state index contributed by atoms with van der Waals surface area (Å²) in [7, 11) is 0. The van der Waals surface area contributed by atoms with Crippen molar-refractivity contribution in [2.24, 2.45) is 0 Å². The Morgan fingerprint density at radius 2 is 2.18 bits per heavy atom. The van der Waals surface area contributed by atoms with Crippen LogP contribution in [0.5, 0.6) is 0 Å². The molecule has 0 aliphatic heterocycles. The molecule has 0 radical (unpaired) electrons. The SMILES string of the molecule is Cc1ccc2c(c1)C(NOCC(F)(F)F)CC2. The standard InChI is InChI=1S/C12H14F3NO/c1-8-2-3-9-4-5-11(10(9)6-8)16-17-7-12(13,14)15/h2-3,6,11,16H,4-5,7H2,1H3. The number of benzene rings is 1. The molecule has 0 bridgehead atoms. The van der Waals surface area contributed by atoms with E-state index in [9.17, 15) is 13.2 Å². The van der Waals surface area contributed by atoms with Crippen LogP contribution in [0.3, 0.4) is 0 Å². The molecule has 0 saturated heterocycles. The summed E-state index contributed by atoms with van der Waals surface area (Å²) in [5.41, 5.74) is 5.84. The maximum Gasteiger partial charge on any atom is 0.413 e. The fraction of sp³-hybridized carbons (Fsp3) is 0.500. The average Bonchev–Trinajstić information content (AvgIpc) is 2.59. The molecule has 1 aromatic carbocycles. The van der Waals surface area contributed by atoms with Gasteiger partial charge in [0.25, 0.3) is 0 Å². The third-order valence-corrected chi connectivity index (χ3v) is 2.84. The lowest BCUT2D eigenvalue weighted by molar-refractivity contribution is -0.193. The summed E-state index contributed by atoms with van der Waals surface area (Å²) < 4.78 is 35.8. The normalized spacial score (nSPS) is 19.4. The van der Waals surface area contributed by atoms with E-state index in [0.717, 1.165) is 24.0 Å². The van der Waals surface area contributed by atoms with Gasteiger partial charge in [0.2, 0.25) is 0 Å². The van der Waals surface area contributed by atoms with Crippen molar-refractivity contribution in [3.8, 4) is 0 Å². The first-order valence-electron chi connectivity index (χ1n) is 5.49. The van der Waals surface area contributed by atoms with Crippen LogP contribution in [0.25, 0.3) is 0 Å². The zero-order valence-electron chi connectivity index (χ0n) is 9.47. The van der Waals surface area contributed by atoms with Crippen molar-refractivity contribution < 1.29 is 18.0 Å². The first-order valence-corrected chi connectivity index (χ1v) is 5.49. The Kier molecular flexibility index (Phi) is 3.40. The highest BCUT2D eigenvalue weighted by molar-refractivity contribution is 5.37. The minimum absolute atomic E-state index is 0.132. The van der Waals surface area contributed by atoms with Gasteiger partial charge < -0.3 is 0 Å². The van der Waals surface area contributed by atoms with Gasteiger partial charge in [-0.15, -0.1) is 0 Å². The van der Waals surface area contributed by atoms with E-state index in [1.54, 1.807) is 0 Å². The summed E-state index contributed by atoms with van der Waals surface area (Å²) in [6.45, 7) is 0.705. The number of hydrogen-bond donors (Lipinski definition) is 1. The van der Waals surface area contributed by atoms with E-state index in [-0.39, 0.29) is 6.04 Å². The lowest BCUT2D eigenvalue weighted by atomic mass is 10.1. The van der Waals surface area contributed by atoms with Gasteiger partial charge in [0, 0.05) is 0 Å². The van der Waals surface area contributed by atoms with Crippen LogP contribution in [0.15, 0.2) is 18.2 Å². The van der Waals surface area contributed by atoms with E-state index in [0.29, 0.717) is 0 Å². The first-order chi connectivity index (χ1) is 7.96. The molecule has 1 unspecified atom stereocenters. The van der Waals surface area contributed by atoms with Crippen molar-refractivity contribution in [3.63, 3.8) is 0 Å². The van der Waals surface area contributed by atoms with Crippen LogP contribution in [0.2, 0.25) is 0 Å². The van der Waals surface area contributed by atoms with Crippen LogP contribution in [-0.2, 0) is 11.3 Å². The van der Waals surface area contributed by atoms with E-state index in [1.165, 1.54) is 5.56 Å². The van der Waals surface area contributed by atoms with Crippen LogP contribution >= 0.6 is 0 Å². The van der Waals surface area contributed by atoms with E-state index in [4.69, 9.17) is 0 Å². The van der Waals surface area contributed by atoms with Crippen LogP contribution in [0.1, 0.15) is 29.2 Å². The highest BCUT2D eigenvalue weighted by Gasteiger charge is 2.29. The van der Waals surface area contributed by atoms with Gasteiger partial charge in [0.15, 0.2) is 6.61 Å². The van der Waals surface area contributed by atoms with Crippen molar-refractivity contribution >= 4 is 0 Å². The van der Waals surface area contributed by atoms with Crippen molar-refractivity contribution in [1.29, 1.82) is 0 Å². The second kappa shape index (κ2) is 4.66. The van der Waals surface area contributed by atoms with Gasteiger partial charge in [0.05, 0.1) is 6.04 Å². The molecule has 5 heteroatoms. The molecule has 1 aromatic rings. The average molecular weight is 245 g/mol. The summed E-state index contributed by atoms with van der Waals surface area (Å²) in [4.78, 5) is 4.50. The minimum Gasteiger partial charge on any atom is -0.292 e. The Bertz CT molecular complexity index is 403. The molecular weight excluding hydrogens is 231 g/mol. The Morgan fingerprint density at radius 3 is 2.88 bits per heavy atom. The van der Waals surface area contributed by atoms with Crippen molar-refractivity contribution in [2.75, 3.05) is 6.61 Å². The predicted octanol–water partition coefficient (Wildman–Crippen LogP) is 3.07. The fourth-order valence-electron chi connectivity index (χ4n) is 2.07. The van der Waals surface area contributed by atoms with Gasteiger partial charge in [-0.3, -0.25) is 4.84 Å². The van der Waals surface area contributed by atoms with Gasteiger partial charge in [-0.25, -0.2) is 0 Å². The van der Waals surface area contributed by atoms with E-state index in [2.05, 4.69) is 10.3 Å². The molecule has 0 fully saturated rings. The van der Waals surface area contributed by atoms with E-state index >= 15 is 0 Å². The molecule has 2 rings (SSSR count). The van der Waals surface area contributed by atoms with Crippen LogP contribution in [-0.4, -0.2) is 12.8 Å². The third-order valence-electron chi connectivity index (χ3n) is 2.84. The van der Waals surface area contributed by atoms with Gasteiger partial charge in [0.1, 0.15) is 0 Å². The second-order valence-corrected chi connectivity index (χ2v) is 4.32. The molecule has 1 aliphatic rings.